The molecule has 9 heteroatoms. The number of aromatic amines is 1. The summed E-state index contributed by atoms with van der Waals surface area (Å²) in [6.45, 7) is 2.16. The molecule has 1 aliphatic rings. The van der Waals surface area contributed by atoms with Gasteiger partial charge in [-0.3, -0.25) is 0 Å². The maximum atomic E-state index is 12.2. The van der Waals surface area contributed by atoms with Crippen LogP contribution in [0.15, 0.2) is 0 Å². The molecule has 0 aromatic carbocycles. The Morgan fingerprint density at radius 1 is 1.45 bits per heavy atom. The molecule has 2 amide bonds. The summed E-state index contributed by atoms with van der Waals surface area (Å²) in [6.07, 6.45) is 3.06. The van der Waals surface area contributed by atoms with E-state index in [9.17, 15) is 14.7 Å². The van der Waals surface area contributed by atoms with Crippen molar-refractivity contribution in [1.29, 1.82) is 0 Å². The van der Waals surface area contributed by atoms with Crippen molar-refractivity contribution in [2.45, 2.75) is 44.7 Å². The van der Waals surface area contributed by atoms with Crippen LogP contribution in [0.25, 0.3) is 0 Å². The zero-order chi connectivity index (χ0) is 14.5. The summed E-state index contributed by atoms with van der Waals surface area (Å²) in [6, 6.07) is -1.61. The number of tetrazole rings is 1. The summed E-state index contributed by atoms with van der Waals surface area (Å²) >= 11 is 0. The van der Waals surface area contributed by atoms with Crippen LogP contribution in [0.2, 0.25) is 0 Å². The number of hydrogen-bond acceptors (Lipinski definition) is 5. The summed E-state index contributed by atoms with van der Waals surface area (Å²) in [5.41, 5.74) is 0. The molecule has 2 rings (SSSR count). The van der Waals surface area contributed by atoms with E-state index in [1.54, 1.807) is 6.92 Å². The molecule has 1 saturated heterocycles. The van der Waals surface area contributed by atoms with E-state index in [1.165, 1.54) is 4.90 Å². The molecular formula is C11H18N6O3. The highest BCUT2D eigenvalue weighted by Gasteiger charge is 2.31. The molecule has 0 bridgehead atoms. The fraction of sp³-hybridized carbons (Fsp3) is 0.727. The Morgan fingerprint density at radius 3 is 2.90 bits per heavy atom. The van der Waals surface area contributed by atoms with Crippen molar-refractivity contribution in [2.75, 3.05) is 6.54 Å². The first-order chi connectivity index (χ1) is 9.59. The number of nitrogens with one attached hydrogen (secondary N) is 2. The first-order valence-corrected chi connectivity index (χ1v) is 6.63. The zero-order valence-corrected chi connectivity index (χ0v) is 11.2. The Hall–Kier alpha value is -2.19. The van der Waals surface area contributed by atoms with Crippen molar-refractivity contribution >= 4 is 12.0 Å². The van der Waals surface area contributed by atoms with Crippen LogP contribution in [-0.2, 0) is 4.79 Å². The van der Waals surface area contributed by atoms with Crippen molar-refractivity contribution in [3.05, 3.63) is 5.82 Å². The van der Waals surface area contributed by atoms with Crippen LogP contribution in [-0.4, -0.2) is 55.2 Å². The second kappa shape index (κ2) is 6.31. The molecule has 1 aromatic rings. The SMILES string of the molecule is CC(NC(=O)N1CCCCCC1C(=O)O)c1nn[nH]n1. The Kier molecular flexibility index (Phi) is 4.49. The van der Waals surface area contributed by atoms with Gasteiger partial charge < -0.3 is 15.3 Å². The molecule has 0 saturated carbocycles. The highest BCUT2D eigenvalue weighted by molar-refractivity contribution is 5.82. The van der Waals surface area contributed by atoms with Gasteiger partial charge in [0.25, 0.3) is 0 Å². The third kappa shape index (κ3) is 3.22. The first-order valence-electron chi connectivity index (χ1n) is 6.63. The number of urea groups is 1. The largest absolute Gasteiger partial charge is 0.480 e. The van der Waals surface area contributed by atoms with Gasteiger partial charge in [0.2, 0.25) is 0 Å². The number of carboxylic acids is 1. The quantitative estimate of drug-likeness (QED) is 0.732. The number of likely N-dealkylation sites (tertiary alicyclic amines) is 1. The monoisotopic (exact) mass is 282 g/mol. The Bertz CT molecular complexity index is 463. The van der Waals surface area contributed by atoms with E-state index in [-0.39, 0.29) is 0 Å². The molecule has 1 aromatic heterocycles. The molecule has 0 radical (unpaired) electrons. The maximum absolute atomic E-state index is 12.2. The lowest BCUT2D eigenvalue weighted by atomic mass is 10.1. The van der Waals surface area contributed by atoms with E-state index in [0.29, 0.717) is 18.8 Å². The van der Waals surface area contributed by atoms with Gasteiger partial charge in [0.1, 0.15) is 6.04 Å². The van der Waals surface area contributed by atoms with Crippen molar-refractivity contribution in [1.82, 2.24) is 30.8 Å². The number of carboxylic acid groups (broad SMARTS) is 1. The summed E-state index contributed by atoms with van der Waals surface area (Å²) in [4.78, 5) is 24.9. The lowest BCUT2D eigenvalue weighted by Crippen LogP contribution is -2.49. The predicted molar refractivity (Wildman–Crippen MR) is 67.7 cm³/mol. The fourth-order valence-corrected chi connectivity index (χ4v) is 2.29. The molecule has 2 atom stereocenters. The minimum absolute atomic E-state index is 0.361. The van der Waals surface area contributed by atoms with Gasteiger partial charge in [0, 0.05) is 6.54 Å². The Morgan fingerprint density at radius 2 is 2.25 bits per heavy atom. The summed E-state index contributed by atoms with van der Waals surface area (Å²) < 4.78 is 0. The summed E-state index contributed by atoms with van der Waals surface area (Å²) in [5, 5.41) is 25.3. The second-order valence-electron chi connectivity index (χ2n) is 4.84. The zero-order valence-electron chi connectivity index (χ0n) is 11.2. The number of amides is 2. The van der Waals surface area contributed by atoms with Gasteiger partial charge in [-0.1, -0.05) is 18.1 Å². The molecule has 110 valence electrons. The molecular weight excluding hydrogens is 264 g/mol. The van der Waals surface area contributed by atoms with Gasteiger partial charge >= 0.3 is 12.0 Å². The van der Waals surface area contributed by atoms with E-state index in [4.69, 9.17) is 0 Å². The number of H-pyrrole nitrogens is 1. The number of hydrogen-bond donors (Lipinski definition) is 3. The molecule has 3 N–H and O–H groups in total. The minimum atomic E-state index is -0.964. The van der Waals surface area contributed by atoms with Gasteiger partial charge in [-0.25, -0.2) is 9.59 Å². The number of carbonyl (C=O) groups is 2. The van der Waals surface area contributed by atoms with Gasteiger partial charge in [0.15, 0.2) is 5.82 Å². The average Bonchev–Trinajstić information content (AvgIpc) is 2.82. The molecule has 9 nitrogen and oxygen atoms in total. The summed E-state index contributed by atoms with van der Waals surface area (Å²) in [5.74, 6) is -0.602. The first kappa shape index (κ1) is 14.2. The van der Waals surface area contributed by atoms with Gasteiger partial charge in [-0.2, -0.15) is 5.21 Å². The molecule has 0 spiro atoms. The van der Waals surface area contributed by atoms with Crippen LogP contribution in [0.4, 0.5) is 4.79 Å². The van der Waals surface area contributed by atoms with Crippen LogP contribution >= 0.6 is 0 Å². The lowest BCUT2D eigenvalue weighted by molar-refractivity contribution is -0.142. The van der Waals surface area contributed by atoms with Crippen LogP contribution in [0, 0.1) is 0 Å². The number of carbonyl (C=O) groups excluding carboxylic acids is 1. The third-order valence-electron chi connectivity index (χ3n) is 3.39. The topological polar surface area (TPSA) is 124 Å². The van der Waals surface area contributed by atoms with Crippen molar-refractivity contribution in [3.63, 3.8) is 0 Å². The Balaban J connectivity index is 2.03. The molecule has 20 heavy (non-hydrogen) atoms. The van der Waals surface area contributed by atoms with Crippen molar-refractivity contribution < 1.29 is 14.7 Å². The van der Waals surface area contributed by atoms with E-state index >= 15 is 0 Å². The number of nitrogens with zero attached hydrogens (tertiary/aromatic N) is 4. The average molecular weight is 282 g/mol. The Labute approximate surface area is 115 Å². The lowest BCUT2D eigenvalue weighted by Gasteiger charge is -2.28. The second-order valence-corrected chi connectivity index (χ2v) is 4.84. The van der Waals surface area contributed by atoms with Crippen molar-refractivity contribution in [2.24, 2.45) is 0 Å². The van der Waals surface area contributed by atoms with Gasteiger partial charge in [-0.15, -0.1) is 10.2 Å². The highest BCUT2D eigenvalue weighted by Crippen LogP contribution is 2.18. The minimum Gasteiger partial charge on any atom is -0.480 e. The van der Waals surface area contributed by atoms with E-state index < -0.39 is 24.1 Å². The predicted octanol–water partition coefficient (Wildman–Crippen LogP) is 0.299. The highest BCUT2D eigenvalue weighted by atomic mass is 16.4. The molecule has 2 heterocycles. The van der Waals surface area contributed by atoms with Crippen molar-refractivity contribution in [3.8, 4) is 0 Å². The standard InChI is InChI=1S/C11H18N6O3/c1-7(9-13-15-16-14-9)12-11(20)17-6-4-2-3-5-8(17)10(18)19/h7-8H,2-6H2,1H3,(H,12,20)(H,18,19)(H,13,14,15,16). The number of rotatable bonds is 3. The van der Waals surface area contributed by atoms with E-state index in [1.807, 2.05) is 0 Å². The van der Waals surface area contributed by atoms with Crippen LogP contribution in [0.5, 0.6) is 0 Å². The smallest absolute Gasteiger partial charge is 0.326 e. The number of aliphatic carboxylic acids is 1. The molecule has 1 fully saturated rings. The van der Waals surface area contributed by atoms with E-state index in [2.05, 4.69) is 25.9 Å². The number of aromatic nitrogens is 4. The van der Waals surface area contributed by atoms with Crippen LogP contribution in [0.3, 0.4) is 0 Å². The van der Waals surface area contributed by atoms with Crippen LogP contribution < -0.4 is 5.32 Å². The maximum Gasteiger partial charge on any atom is 0.326 e. The van der Waals surface area contributed by atoms with E-state index in [0.717, 1.165) is 19.3 Å². The molecule has 1 aliphatic heterocycles. The molecule has 2 unspecified atom stereocenters. The fourth-order valence-electron chi connectivity index (χ4n) is 2.29. The van der Waals surface area contributed by atoms with Crippen LogP contribution in [0.1, 0.15) is 44.5 Å². The summed E-state index contributed by atoms with van der Waals surface area (Å²) in [7, 11) is 0. The normalized spacial score (nSPS) is 21.1. The van der Waals surface area contributed by atoms with Gasteiger partial charge in [-0.05, 0) is 19.8 Å². The molecule has 0 aliphatic carbocycles. The third-order valence-corrected chi connectivity index (χ3v) is 3.39. The van der Waals surface area contributed by atoms with Gasteiger partial charge in [0.05, 0.1) is 6.04 Å².